The van der Waals surface area contributed by atoms with Gasteiger partial charge in [0.05, 0.1) is 6.10 Å². The van der Waals surface area contributed by atoms with Gasteiger partial charge >= 0.3 is 30.7 Å². The fraction of sp³-hybridized carbons (Fsp3) is 0.692. The highest BCUT2D eigenvalue weighted by molar-refractivity contribution is 7.88. The second-order valence-electron chi connectivity index (χ2n) is 5.64. The standard InChI is InChI=1S/C13H17F5O6S2/c1-3-9-5-7-10(8-6-9)24-26(22,23)13(17,18)11(14,4-2)12(15,16)25(19,20)21/h4-5,7,9-10H,2-3,6,8H2,1H3,(H,19,20,21). The molecule has 1 aliphatic carbocycles. The average molecular weight is 428 g/mol. The summed E-state index contributed by atoms with van der Waals surface area (Å²) in [6.45, 7) is 4.14. The predicted octanol–water partition coefficient (Wildman–Crippen LogP) is 3.05. The zero-order valence-electron chi connectivity index (χ0n) is 13.4. The summed E-state index contributed by atoms with van der Waals surface area (Å²) in [6.07, 6.45) is 1.18. The van der Waals surface area contributed by atoms with Crippen LogP contribution in [0.15, 0.2) is 24.8 Å². The summed E-state index contributed by atoms with van der Waals surface area (Å²) in [5.74, 6) is 0.0374. The molecule has 0 aromatic rings. The number of halogens is 5. The third kappa shape index (κ3) is 3.66. The first-order chi connectivity index (χ1) is 11.6. The Hall–Kier alpha value is -1.05. The summed E-state index contributed by atoms with van der Waals surface area (Å²) in [5, 5.41) is -12.3. The van der Waals surface area contributed by atoms with Crippen LogP contribution in [0.2, 0.25) is 0 Å². The summed E-state index contributed by atoms with van der Waals surface area (Å²) < 4.78 is 127. The van der Waals surface area contributed by atoms with Crippen molar-refractivity contribution in [3.63, 3.8) is 0 Å². The summed E-state index contributed by atoms with van der Waals surface area (Å²) in [6, 6.07) is 0. The van der Waals surface area contributed by atoms with E-state index in [0.29, 0.717) is 12.8 Å². The van der Waals surface area contributed by atoms with Crippen LogP contribution in [0.3, 0.4) is 0 Å². The molecule has 0 radical (unpaired) electrons. The zero-order valence-corrected chi connectivity index (χ0v) is 15.0. The third-order valence-corrected chi connectivity index (χ3v) is 6.33. The smallest absolute Gasteiger partial charge is 0.281 e. The Balaban J connectivity index is 3.30. The van der Waals surface area contributed by atoms with Crippen LogP contribution in [0.1, 0.15) is 26.2 Å². The largest absolute Gasteiger partial charge is 0.413 e. The van der Waals surface area contributed by atoms with Gasteiger partial charge in [0.15, 0.2) is 0 Å². The summed E-state index contributed by atoms with van der Waals surface area (Å²) >= 11 is 0. The SMILES string of the molecule is C=CC(F)(C(F)(F)S(=O)(=O)O)C(F)(F)S(=O)(=O)OC1C=CC(CC)CC1. The van der Waals surface area contributed by atoms with E-state index in [9.17, 15) is 38.8 Å². The molecular formula is C13H17F5O6S2. The normalized spacial score (nSPS) is 24.9. The number of hydrogen-bond donors (Lipinski definition) is 1. The Labute approximate surface area is 147 Å². The van der Waals surface area contributed by atoms with Crippen molar-refractivity contribution < 1.29 is 47.5 Å². The average Bonchev–Trinajstić information content (AvgIpc) is 2.52. The van der Waals surface area contributed by atoms with Gasteiger partial charge in [0.25, 0.3) is 5.67 Å². The van der Waals surface area contributed by atoms with Crippen LogP contribution >= 0.6 is 0 Å². The molecule has 6 nitrogen and oxygen atoms in total. The van der Waals surface area contributed by atoms with Gasteiger partial charge in [-0.15, -0.1) is 0 Å². The predicted molar refractivity (Wildman–Crippen MR) is 81.4 cm³/mol. The van der Waals surface area contributed by atoms with Crippen molar-refractivity contribution in [2.45, 2.75) is 48.5 Å². The van der Waals surface area contributed by atoms with E-state index < -0.39 is 48.6 Å². The molecule has 3 unspecified atom stereocenters. The molecule has 1 rings (SSSR count). The molecule has 3 atom stereocenters. The van der Waals surface area contributed by atoms with Gasteiger partial charge in [-0.05, 0) is 31.3 Å². The zero-order chi connectivity index (χ0) is 20.6. The first-order valence-corrected chi connectivity index (χ1v) is 10.1. The molecule has 0 saturated carbocycles. The van der Waals surface area contributed by atoms with Gasteiger partial charge in [0.2, 0.25) is 0 Å². The Morgan fingerprint density at radius 3 is 2.00 bits per heavy atom. The van der Waals surface area contributed by atoms with Crippen molar-refractivity contribution >= 4 is 20.2 Å². The molecular weight excluding hydrogens is 411 g/mol. The van der Waals surface area contributed by atoms with Gasteiger partial charge in [-0.3, -0.25) is 8.74 Å². The summed E-state index contributed by atoms with van der Waals surface area (Å²) in [4.78, 5) is 0. The molecule has 0 aliphatic heterocycles. The first-order valence-electron chi connectivity index (χ1n) is 7.23. The lowest BCUT2D eigenvalue weighted by Crippen LogP contribution is -2.62. The highest BCUT2D eigenvalue weighted by Crippen LogP contribution is 2.51. The molecule has 0 bridgehead atoms. The summed E-state index contributed by atoms with van der Waals surface area (Å²) in [5.41, 5.74) is -5.68. The van der Waals surface area contributed by atoms with Gasteiger partial charge < -0.3 is 0 Å². The number of rotatable bonds is 8. The minimum absolute atomic E-state index is 0.0374. The number of alkyl halides is 5. The van der Waals surface area contributed by atoms with Crippen molar-refractivity contribution in [2.24, 2.45) is 5.92 Å². The van der Waals surface area contributed by atoms with Crippen molar-refractivity contribution in [2.75, 3.05) is 0 Å². The van der Waals surface area contributed by atoms with Gasteiger partial charge in [-0.25, -0.2) is 4.39 Å². The van der Waals surface area contributed by atoms with E-state index in [2.05, 4.69) is 10.8 Å². The van der Waals surface area contributed by atoms with E-state index in [1.54, 1.807) is 0 Å². The molecule has 0 aromatic heterocycles. The molecule has 0 fully saturated rings. The van der Waals surface area contributed by atoms with Crippen LogP contribution in [-0.2, 0) is 24.4 Å². The molecule has 1 N–H and O–H groups in total. The topological polar surface area (TPSA) is 97.7 Å². The van der Waals surface area contributed by atoms with E-state index in [0.717, 1.165) is 6.08 Å². The van der Waals surface area contributed by atoms with Crippen molar-refractivity contribution in [3.05, 3.63) is 24.8 Å². The fourth-order valence-corrected chi connectivity index (χ4v) is 4.11. The Morgan fingerprint density at radius 2 is 1.65 bits per heavy atom. The van der Waals surface area contributed by atoms with E-state index in [-0.39, 0.29) is 12.3 Å². The lowest BCUT2D eigenvalue weighted by atomic mass is 9.92. The first kappa shape index (κ1) is 23.0. The van der Waals surface area contributed by atoms with Crippen LogP contribution in [0, 0.1) is 5.92 Å². The highest BCUT2D eigenvalue weighted by atomic mass is 32.2. The maximum absolute atomic E-state index is 14.3. The lowest BCUT2D eigenvalue weighted by Gasteiger charge is -2.34. The maximum Gasteiger partial charge on any atom is 0.413 e. The van der Waals surface area contributed by atoms with Gasteiger partial charge in [-0.1, -0.05) is 25.7 Å². The maximum atomic E-state index is 14.3. The van der Waals surface area contributed by atoms with E-state index >= 15 is 0 Å². The Bertz CT molecular complexity index is 777. The molecule has 13 heteroatoms. The second kappa shape index (κ2) is 7.17. The molecule has 1 aliphatic rings. The van der Waals surface area contributed by atoms with Crippen molar-refractivity contribution in [1.29, 1.82) is 0 Å². The number of hydrogen-bond acceptors (Lipinski definition) is 5. The fourth-order valence-electron chi connectivity index (χ4n) is 2.27. The third-order valence-electron chi connectivity index (χ3n) is 3.96. The molecule has 0 heterocycles. The van der Waals surface area contributed by atoms with Crippen LogP contribution in [0.5, 0.6) is 0 Å². The molecule has 26 heavy (non-hydrogen) atoms. The van der Waals surface area contributed by atoms with Gasteiger partial charge in [-0.2, -0.15) is 34.4 Å². The molecule has 152 valence electrons. The van der Waals surface area contributed by atoms with Crippen LogP contribution in [-0.4, -0.2) is 43.7 Å². The summed E-state index contributed by atoms with van der Waals surface area (Å²) in [7, 11) is -13.1. The highest BCUT2D eigenvalue weighted by Gasteiger charge is 2.79. The molecule has 0 amide bonds. The monoisotopic (exact) mass is 428 g/mol. The molecule has 0 saturated heterocycles. The van der Waals surface area contributed by atoms with Gasteiger partial charge in [0, 0.05) is 0 Å². The van der Waals surface area contributed by atoms with E-state index in [1.165, 1.54) is 6.08 Å². The Morgan fingerprint density at radius 1 is 1.12 bits per heavy atom. The minimum Gasteiger partial charge on any atom is -0.281 e. The minimum atomic E-state index is -6.75. The van der Waals surface area contributed by atoms with Crippen LogP contribution < -0.4 is 0 Å². The lowest BCUT2D eigenvalue weighted by molar-refractivity contribution is -0.151. The second-order valence-corrected chi connectivity index (χ2v) is 8.72. The quantitative estimate of drug-likeness (QED) is 0.276. The van der Waals surface area contributed by atoms with Crippen molar-refractivity contribution in [1.82, 2.24) is 0 Å². The Kier molecular flexibility index (Phi) is 6.34. The molecule has 0 spiro atoms. The van der Waals surface area contributed by atoms with E-state index in [4.69, 9.17) is 4.55 Å². The van der Waals surface area contributed by atoms with Gasteiger partial charge in [0.1, 0.15) is 0 Å². The van der Waals surface area contributed by atoms with E-state index in [1.807, 2.05) is 6.92 Å². The number of allylic oxidation sites excluding steroid dienone is 2. The van der Waals surface area contributed by atoms with Crippen LogP contribution in [0.4, 0.5) is 22.0 Å². The van der Waals surface area contributed by atoms with Crippen LogP contribution in [0.25, 0.3) is 0 Å². The molecule has 0 aromatic carbocycles. The van der Waals surface area contributed by atoms with Crippen molar-refractivity contribution in [3.8, 4) is 0 Å².